The van der Waals surface area contributed by atoms with Crippen molar-refractivity contribution in [2.75, 3.05) is 5.32 Å². The first-order chi connectivity index (χ1) is 9.66. The smallest absolute Gasteiger partial charge is 0.338 e. The zero-order chi connectivity index (χ0) is 15.8. The molecule has 0 aliphatic rings. The van der Waals surface area contributed by atoms with Gasteiger partial charge in [0.2, 0.25) is 5.82 Å². The summed E-state index contributed by atoms with van der Waals surface area (Å²) in [6.07, 6.45) is -4.80. The van der Waals surface area contributed by atoms with Gasteiger partial charge in [0.05, 0.1) is 10.2 Å². The Morgan fingerprint density at radius 2 is 1.71 bits per heavy atom. The first-order valence-corrected chi connectivity index (χ1v) is 6.37. The van der Waals surface area contributed by atoms with E-state index in [1.165, 1.54) is 0 Å². The summed E-state index contributed by atoms with van der Waals surface area (Å²) in [6.45, 7) is 0. The molecule has 1 aromatic heterocycles. The minimum Gasteiger partial charge on any atom is -0.338 e. The van der Waals surface area contributed by atoms with Crippen molar-refractivity contribution >= 4 is 39.0 Å². The lowest BCUT2D eigenvalue weighted by Gasteiger charge is -2.11. The van der Waals surface area contributed by atoms with E-state index < -0.39 is 28.8 Å². The zero-order valence-electron chi connectivity index (χ0n) is 9.77. The summed E-state index contributed by atoms with van der Waals surface area (Å²) in [5, 5.41) is 1.82. The second-order valence-corrected chi connectivity index (χ2v) is 5.01. The maximum Gasteiger partial charge on any atom is 0.451 e. The molecule has 0 fully saturated rings. The largest absolute Gasteiger partial charge is 0.451 e. The van der Waals surface area contributed by atoms with Crippen LogP contribution in [0.3, 0.4) is 0 Å². The lowest BCUT2D eigenvalue weighted by Crippen LogP contribution is -2.12. The molecule has 0 spiro atoms. The van der Waals surface area contributed by atoms with Gasteiger partial charge < -0.3 is 5.32 Å². The molecular weight excluding hydrogens is 384 g/mol. The van der Waals surface area contributed by atoms with Gasteiger partial charge in [-0.2, -0.15) is 13.2 Å². The third kappa shape index (κ3) is 3.79. The Bertz CT molecular complexity index is 692. The Morgan fingerprint density at radius 1 is 1.05 bits per heavy atom. The standard InChI is InChI=1S/C11H4BrClF5N3/c12-4-1-7(6(15)2-5(4)14)19-9-3-8(13)20-10(21-9)11(16,17)18/h1-3H,(H,19,20,21). The molecule has 112 valence electrons. The van der Waals surface area contributed by atoms with Crippen LogP contribution >= 0.6 is 27.5 Å². The van der Waals surface area contributed by atoms with Gasteiger partial charge in [0.25, 0.3) is 0 Å². The Hall–Kier alpha value is -1.48. The van der Waals surface area contributed by atoms with Gasteiger partial charge in [0.1, 0.15) is 22.6 Å². The summed E-state index contributed by atoms with van der Waals surface area (Å²) in [7, 11) is 0. The number of benzene rings is 1. The highest BCUT2D eigenvalue weighted by Gasteiger charge is 2.35. The number of nitrogens with one attached hydrogen (secondary N) is 1. The van der Waals surface area contributed by atoms with E-state index in [-0.39, 0.29) is 16.0 Å². The topological polar surface area (TPSA) is 37.8 Å². The third-order valence-electron chi connectivity index (χ3n) is 2.22. The Balaban J connectivity index is 2.40. The Labute approximate surface area is 128 Å². The van der Waals surface area contributed by atoms with Crippen molar-refractivity contribution in [1.29, 1.82) is 0 Å². The fraction of sp³-hybridized carbons (Fsp3) is 0.0909. The maximum absolute atomic E-state index is 13.5. The maximum atomic E-state index is 13.5. The highest BCUT2D eigenvalue weighted by molar-refractivity contribution is 9.10. The van der Waals surface area contributed by atoms with Crippen molar-refractivity contribution < 1.29 is 22.0 Å². The average molecular weight is 389 g/mol. The van der Waals surface area contributed by atoms with Crippen LogP contribution in [0.4, 0.5) is 33.5 Å². The van der Waals surface area contributed by atoms with Gasteiger partial charge in [-0.25, -0.2) is 18.7 Å². The van der Waals surface area contributed by atoms with Crippen LogP contribution < -0.4 is 5.32 Å². The molecule has 3 nitrogen and oxygen atoms in total. The van der Waals surface area contributed by atoms with Crippen molar-refractivity contribution in [2.24, 2.45) is 0 Å². The average Bonchev–Trinajstić information content (AvgIpc) is 2.34. The first kappa shape index (κ1) is 15.9. The van der Waals surface area contributed by atoms with Crippen LogP contribution in [-0.4, -0.2) is 9.97 Å². The first-order valence-electron chi connectivity index (χ1n) is 5.20. The predicted molar refractivity (Wildman–Crippen MR) is 69.4 cm³/mol. The summed E-state index contributed by atoms with van der Waals surface area (Å²) in [5.41, 5.74) is -0.272. The Kier molecular flexibility index (Phi) is 4.33. The zero-order valence-corrected chi connectivity index (χ0v) is 12.1. The molecule has 0 aliphatic heterocycles. The van der Waals surface area contributed by atoms with Gasteiger partial charge in [-0.1, -0.05) is 11.6 Å². The molecule has 1 heterocycles. The van der Waals surface area contributed by atoms with E-state index in [2.05, 4.69) is 31.2 Å². The second kappa shape index (κ2) is 5.72. The molecule has 0 unspecified atom stereocenters. The molecule has 0 atom stereocenters. The SMILES string of the molecule is Fc1cc(F)c(Nc2cc(Cl)nc(C(F)(F)F)n2)cc1Br. The number of aromatic nitrogens is 2. The predicted octanol–water partition coefficient (Wildman–Crippen LogP) is 4.93. The fourth-order valence-corrected chi connectivity index (χ4v) is 1.89. The van der Waals surface area contributed by atoms with Gasteiger partial charge >= 0.3 is 6.18 Å². The number of alkyl halides is 3. The molecule has 21 heavy (non-hydrogen) atoms. The highest BCUT2D eigenvalue weighted by atomic mass is 79.9. The van der Waals surface area contributed by atoms with Crippen LogP contribution in [0.1, 0.15) is 5.82 Å². The molecule has 1 aromatic carbocycles. The minimum atomic E-state index is -4.80. The van der Waals surface area contributed by atoms with Crippen molar-refractivity contribution in [3.05, 3.63) is 45.3 Å². The molecule has 0 bridgehead atoms. The number of hydrogen-bond donors (Lipinski definition) is 1. The number of anilines is 2. The summed E-state index contributed by atoms with van der Waals surface area (Å²) >= 11 is 8.30. The van der Waals surface area contributed by atoms with E-state index >= 15 is 0 Å². The van der Waals surface area contributed by atoms with E-state index in [4.69, 9.17) is 11.6 Å². The van der Waals surface area contributed by atoms with E-state index in [0.717, 1.165) is 12.1 Å². The highest BCUT2D eigenvalue weighted by Crippen LogP contribution is 2.30. The van der Waals surface area contributed by atoms with Gasteiger partial charge in [-0.05, 0) is 22.0 Å². The number of rotatable bonds is 2. The van der Waals surface area contributed by atoms with E-state index in [1.54, 1.807) is 0 Å². The molecule has 0 amide bonds. The fourth-order valence-electron chi connectivity index (χ4n) is 1.36. The molecule has 1 N–H and O–H groups in total. The van der Waals surface area contributed by atoms with Crippen molar-refractivity contribution in [3.8, 4) is 0 Å². The van der Waals surface area contributed by atoms with Gasteiger partial charge in [0.15, 0.2) is 0 Å². The van der Waals surface area contributed by atoms with Gasteiger partial charge in [0, 0.05) is 12.1 Å². The van der Waals surface area contributed by atoms with Gasteiger partial charge in [-0.3, -0.25) is 0 Å². The minimum absolute atomic E-state index is 0.0670. The molecule has 10 heteroatoms. The lowest BCUT2D eigenvalue weighted by molar-refractivity contribution is -0.144. The molecule has 0 saturated heterocycles. The summed E-state index contributed by atoms with van der Waals surface area (Å²) in [5.74, 6) is -3.70. The number of nitrogens with zero attached hydrogens (tertiary/aromatic N) is 2. The summed E-state index contributed by atoms with van der Waals surface area (Å²) in [4.78, 5) is 6.21. The van der Waals surface area contributed by atoms with Crippen LogP contribution in [0.5, 0.6) is 0 Å². The van der Waals surface area contributed by atoms with E-state index in [9.17, 15) is 22.0 Å². The van der Waals surface area contributed by atoms with Crippen LogP contribution in [0.2, 0.25) is 5.15 Å². The van der Waals surface area contributed by atoms with Crippen molar-refractivity contribution in [3.63, 3.8) is 0 Å². The quantitative estimate of drug-likeness (QED) is 0.450. The van der Waals surface area contributed by atoms with E-state index in [1.807, 2.05) is 0 Å². The molecule has 2 aromatic rings. The van der Waals surface area contributed by atoms with Crippen LogP contribution in [0.25, 0.3) is 0 Å². The summed E-state index contributed by atoms with van der Waals surface area (Å²) < 4.78 is 64.2. The molecule has 0 aliphatic carbocycles. The summed E-state index contributed by atoms with van der Waals surface area (Å²) in [6, 6.07) is 2.57. The molecular formula is C11H4BrClF5N3. The Morgan fingerprint density at radius 3 is 2.33 bits per heavy atom. The molecule has 0 radical (unpaired) electrons. The third-order valence-corrected chi connectivity index (χ3v) is 3.02. The number of hydrogen-bond acceptors (Lipinski definition) is 3. The van der Waals surface area contributed by atoms with Crippen molar-refractivity contribution in [1.82, 2.24) is 9.97 Å². The lowest BCUT2D eigenvalue weighted by atomic mass is 10.3. The molecule has 2 rings (SSSR count). The van der Waals surface area contributed by atoms with Crippen molar-refractivity contribution in [2.45, 2.75) is 6.18 Å². The van der Waals surface area contributed by atoms with E-state index in [0.29, 0.717) is 6.07 Å². The van der Waals surface area contributed by atoms with Crippen LogP contribution in [0.15, 0.2) is 22.7 Å². The van der Waals surface area contributed by atoms with Crippen LogP contribution in [0, 0.1) is 11.6 Å². The molecule has 0 saturated carbocycles. The van der Waals surface area contributed by atoms with Crippen LogP contribution in [-0.2, 0) is 6.18 Å². The monoisotopic (exact) mass is 387 g/mol. The normalized spacial score (nSPS) is 11.6. The van der Waals surface area contributed by atoms with Gasteiger partial charge in [-0.15, -0.1) is 0 Å². The second-order valence-electron chi connectivity index (χ2n) is 3.77. The number of halogens is 7.